The zero-order valence-electron chi connectivity index (χ0n) is 11.8. The van der Waals surface area contributed by atoms with E-state index in [1.54, 1.807) is 25.1 Å². The van der Waals surface area contributed by atoms with E-state index in [0.29, 0.717) is 5.56 Å². The molecule has 0 saturated heterocycles. The van der Waals surface area contributed by atoms with Crippen LogP contribution in [0, 0.1) is 6.92 Å². The Morgan fingerprint density at radius 1 is 1.43 bits per heavy atom. The summed E-state index contributed by atoms with van der Waals surface area (Å²) in [4.78, 5) is 27.1. The fourth-order valence-corrected chi connectivity index (χ4v) is 2.69. The first-order chi connectivity index (χ1) is 9.95. The molecule has 1 atom stereocenters. The summed E-state index contributed by atoms with van der Waals surface area (Å²) in [5.74, 6) is -1.21. The normalized spacial score (nSPS) is 11.9. The van der Waals surface area contributed by atoms with Crippen molar-refractivity contribution >= 4 is 23.2 Å². The third-order valence-electron chi connectivity index (χ3n) is 2.85. The van der Waals surface area contributed by atoms with Gasteiger partial charge in [0.15, 0.2) is 0 Å². The zero-order chi connectivity index (χ0) is 15.4. The highest BCUT2D eigenvalue weighted by atomic mass is 32.1. The number of nitrogens with one attached hydrogen (secondary N) is 1. The van der Waals surface area contributed by atoms with Gasteiger partial charge in [0.1, 0.15) is 5.01 Å². The molecule has 1 aromatic carbocycles. The summed E-state index contributed by atoms with van der Waals surface area (Å²) in [5.41, 5.74) is 2.32. The first-order valence-electron chi connectivity index (χ1n) is 6.51. The van der Waals surface area contributed by atoms with Crippen molar-refractivity contribution in [1.29, 1.82) is 0 Å². The number of carboxylic acids is 1. The van der Waals surface area contributed by atoms with Gasteiger partial charge in [0.05, 0.1) is 6.42 Å². The molecular formula is C15H16N2O3S. The monoisotopic (exact) mass is 304 g/mol. The fraction of sp³-hybridized carbons (Fsp3) is 0.267. The summed E-state index contributed by atoms with van der Waals surface area (Å²) in [6, 6.07) is 6.74. The highest BCUT2D eigenvalue weighted by Gasteiger charge is 2.13. The van der Waals surface area contributed by atoms with Crippen molar-refractivity contribution in [3.63, 3.8) is 0 Å². The van der Waals surface area contributed by atoms with Crippen molar-refractivity contribution in [2.24, 2.45) is 0 Å². The first-order valence-corrected chi connectivity index (χ1v) is 7.39. The molecule has 0 unspecified atom stereocenters. The molecule has 6 heteroatoms. The molecule has 1 heterocycles. The molecule has 0 aliphatic rings. The number of nitrogens with zero attached hydrogens (tertiary/aromatic N) is 1. The molecule has 0 aliphatic heterocycles. The molecule has 1 amide bonds. The number of rotatable bonds is 5. The molecule has 0 fully saturated rings. The Kier molecular flexibility index (Phi) is 4.70. The Bertz CT molecular complexity index is 666. The van der Waals surface area contributed by atoms with Gasteiger partial charge in [-0.2, -0.15) is 0 Å². The Hall–Kier alpha value is -2.21. The van der Waals surface area contributed by atoms with Gasteiger partial charge in [-0.15, -0.1) is 11.3 Å². The molecule has 110 valence electrons. The molecule has 0 saturated carbocycles. The van der Waals surface area contributed by atoms with Crippen molar-refractivity contribution in [2.45, 2.75) is 26.3 Å². The molecule has 21 heavy (non-hydrogen) atoms. The van der Waals surface area contributed by atoms with E-state index in [-0.39, 0.29) is 12.3 Å². The van der Waals surface area contributed by atoms with Gasteiger partial charge in [-0.25, -0.2) is 4.98 Å². The van der Waals surface area contributed by atoms with Gasteiger partial charge in [0.2, 0.25) is 0 Å². The Labute approximate surface area is 126 Å². The maximum Gasteiger partial charge on any atom is 0.305 e. The minimum absolute atomic E-state index is 0.100. The quantitative estimate of drug-likeness (QED) is 0.890. The second-order valence-corrected chi connectivity index (χ2v) is 5.71. The van der Waals surface area contributed by atoms with Crippen LogP contribution in [0.25, 0.3) is 10.6 Å². The lowest BCUT2D eigenvalue weighted by Gasteiger charge is -2.11. The molecule has 2 N–H and O–H groups in total. The number of benzene rings is 1. The van der Waals surface area contributed by atoms with E-state index in [0.717, 1.165) is 16.3 Å². The van der Waals surface area contributed by atoms with Crippen LogP contribution in [0.3, 0.4) is 0 Å². The van der Waals surface area contributed by atoms with E-state index in [1.807, 2.05) is 18.4 Å². The average Bonchev–Trinajstić information content (AvgIpc) is 2.84. The lowest BCUT2D eigenvalue weighted by atomic mass is 10.1. The molecule has 0 bridgehead atoms. The largest absolute Gasteiger partial charge is 0.481 e. The number of aryl methyl sites for hydroxylation is 1. The minimum Gasteiger partial charge on any atom is -0.481 e. The van der Waals surface area contributed by atoms with E-state index in [1.165, 1.54) is 11.3 Å². The van der Waals surface area contributed by atoms with Crippen LogP contribution in [0.4, 0.5) is 0 Å². The number of aromatic nitrogens is 1. The Morgan fingerprint density at radius 2 is 2.19 bits per heavy atom. The standard InChI is InChI=1S/C15H16N2O3S/c1-9(6-13(18)19)16-14(20)11-4-3-5-12(7-11)15-17-10(2)8-21-15/h3-5,7-9H,6H2,1-2H3,(H,16,20)(H,18,19)/t9-/m1/s1. The smallest absolute Gasteiger partial charge is 0.305 e. The van der Waals surface area contributed by atoms with Gasteiger partial charge >= 0.3 is 5.97 Å². The molecular weight excluding hydrogens is 288 g/mol. The highest BCUT2D eigenvalue weighted by molar-refractivity contribution is 7.13. The lowest BCUT2D eigenvalue weighted by molar-refractivity contribution is -0.137. The van der Waals surface area contributed by atoms with Crippen molar-refractivity contribution in [1.82, 2.24) is 10.3 Å². The second-order valence-electron chi connectivity index (χ2n) is 4.85. The van der Waals surface area contributed by atoms with Gasteiger partial charge in [0, 0.05) is 28.2 Å². The van der Waals surface area contributed by atoms with Crippen LogP contribution in [0.1, 0.15) is 29.4 Å². The topological polar surface area (TPSA) is 79.3 Å². The SMILES string of the molecule is Cc1csc(-c2cccc(C(=O)N[C@H](C)CC(=O)O)c2)n1. The summed E-state index contributed by atoms with van der Waals surface area (Å²) < 4.78 is 0. The number of carbonyl (C=O) groups is 2. The number of amides is 1. The number of hydrogen-bond donors (Lipinski definition) is 2. The average molecular weight is 304 g/mol. The first kappa shape index (κ1) is 15.2. The lowest BCUT2D eigenvalue weighted by Crippen LogP contribution is -2.34. The Morgan fingerprint density at radius 3 is 2.81 bits per heavy atom. The van der Waals surface area contributed by atoms with Gasteiger partial charge in [-0.1, -0.05) is 12.1 Å². The van der Waals surface area contributed by atoms with Gasteiger partial charge in [0.25, 0.3) is 5.91 Å². The van der Waals surface area contributed by atoms with E-state index >= 15 is 0 Å². The predicted molar refractivity (Wildman–Crippen MR) is 81.5 cm³/mol. The van der Waals surface area contributed by atoms with Crippen LogP contribution in [0.15, 0.2) is 29.6 Å². The summed E-state index contributed by atoms with van der Waals surface area (Å²) in [6.07, 6.45) is -0.100. The van der Waals surface area contributed by atoms with E-state index in [2.05, 4.69) is 10.3 Å². The summed E-state index contributed by atoms with van der Waals surface area (Å²) in [6.45, 7) is 3.59. The Balaban J connectivity index is 2.13. The molecule has 0 aliphatic carbocycles. The number of aliphatic carboxylic acids is 1. The highest BCUT2D eigenvalue weighted by Crippen LogP contribution is 2.24. The summed E-state index contributed by atoms with van der Waals surface area (Å²) in [5, 5.41) is 14.2. The van der Waals surface area contributed by atoms with Gasteiger partial charge < -0.3 is 10.4 Å². The van der Waals surface area contributed by atoms with E-state index in [9.17, 15) is 9.59 Å². The molecule has 0 radical (unpaired) electrons. The second kappa shape index (κ2) is 6.49. The van der Waals surface area contributed by atoms with E-state index < -0.39 is 12.0 Å². The number of hydrogen-bond acceptors (Lipinski definition) is 4. The van der Waals surface area contributed by atoms with Crippen LogP contribution in [0.5, 0.6) is 0 Å². The van der Waals surface area contributed by atoms with Crippen molar-refractivity contribution < 1.29 is 14.7 Å². The van der Waals surface area contributed by atoms with Crippen LogP contribution < -0.4 is 5.32 Å². The minimum atomic E-state index is -0.935. The summed E-state index contributed by atoms with van der Waals surface area (Å²) >= 11 is 1.52. The van der Waals surface area contributed by atoms with Crippen molar-refractivity contribution in [2.75, 3.05) is 0 Å². The third kappa shape index (κ3) is 4.13. The number of carbonyl (C=O) groups excluding carboxylic acids is 1. The van der Waals surface area contributed by atoms with Crippen LogP contribution >= 0.6 is 11.3 Å². The van der Waals surface area contributed by atoms with Crippen LogP contribution in [-0.2, 0) is 4.79 Å². The van der Waals surface area contributed by atoms with Gasteiger partial charge in [-0.05, 0) is 26.0 Å². The van der Waals surface area contributed by atoms with Gasteiger partial charge in [-0.3, -0.25) is 9.59 Å². The zero-order valence-corrected chi connectivity index (χ0v) is 12.6. The number of thiazole rings is 1. The molecule has 2 rings (SSSR count). The van der Waals surface area contributed by atoms with Crippen molar-refractivity contribution in [3.8, 4) is 10.6 Å². The van der Waals surface area contributed by atoms with Crippen molar-refractivity contribution in [3.05, 3.63) is 40.9 Å². The maximum atomic E-state index is 12.1. The number of carboxylic acid groups (broad SMARTS) is 1. The van der Waals surface area contributed by atoms with Crippen LogP contribution in [-0.4, -0.2) is 28.0 Å². The predicted octanol–water partition coefficient (Wildman–Crippen LogP) is 2.71. The van der Waals surface area contributed by atoms with Crippen LogP contribution in [0.2, 0.25) is 0 Å². The molecule has 2 aromatic rings. The fourth-order valence-electron chi connectivity index (χ4n) is 1.90. The third-order valence-corrected chi connectivity index (χ3v) is 3.86. The molecule has 1 aromatic heterocycles. The summed E-state index contributed by atoms with van der Waals surface area (Å²) in [7, 11) is 0. The van der Waals surface area contributed by atoms with E-state index in [4.69, 9.17) is 5.11 Å². The maximum absolute atomic E-state index is 12.1. The molecule has 0 spiro atoms. The molecule has 5 nitrogen and oxygen atoms in total.